The monoisotopic (exact) mass is 300 g/mol. The van der Waals surface area contributed by atoms with Gasteiger partial charge in [0.15, 0.2) is 0 Å². The Morgan fingerprint density at radius 3 is 2.45 bits per heavy atom. The van der Waals surface area contributed by atoms with E-state index in [4.69, 9.17) is 9.88 Å². The van der Waals surface area contributed by atoms with Crippen molar-refractivity contribution in [2.45, 2.75) is 31.8 Å². The number of amides is 1. The number of primary sulfonamides is 1. The lowest BCUT2D eigenvalue weighted by Crippen LogP contribution is -2.26. The van der Waals surface area contributed by atoms with Gasteiger partial charge in [-0.25, -0.2) is 13.6 Å². The van der Waals surface area contributed by atoms with Gasteiger partial charge >= 0.3 is 0 Å². The number of sulfonamides is 1. The zero-order chi connectivity index (χ0) is 15.5. The number of ether oxygens (including phenoxy) is 1. The van der Waals surface area contributed by atoms with Crippen LogP contribution in [0.1, 0.15) is 31.1 Å². The smallest absolute Gasteiger partial charge is 0.253 e. The molecule has 0 atom stereocenters. The molecule has 0 spiro atoms. The second kappa shape index (κ2) is 6.23. The summed E-state index contributed by atoms with van der Waals surface area (Å²) >= 11 is 0. The van der Waals surface area contributed by atoms with Crippen molar-refractivity contribution in [3.05, 3.63) is 23.8 Å². The second-order valence-corrected chi connectivity index (χ2v) is 6.22. The van der Waals surface area contributed by atoms with Crippen molar-refractivity contribution in [2.75, 3.05) is 13.6 Å². The summed E-state index contributed by atoms with van der Waals surface area (Å²) in [4.78, 5) is 13.3. The van der Waals surface area contributed by atoms with Crippen molar-refractivity contribution in [1.82, 2.24) is 4.90 Å². The standard InChI is InChI=1S/C13H20N2O4S/c1-5-15(4)13(16)10-6-7-11(19-9(2)3)12(8-10)20(14,17)18/h6-9H,5H2,1-4H3,(H2,14,17,18). The minimum atomic E-state index is -3.96. The molecule has 0 saturated heterocycles. The molecule has 0 fully saturated rings. The number of nitrogens with zero attached hydrogens (tertiary/aromatic N) is 1. The first-order chi connectivity index (χ1) is 9.16. The van der Waals surface area contributed by atoms with Gasteiger partial charge in [-0.05, 0) is 39.0 Å². The van der Waals surface area contributed by atoms with Crippen molar-refractivity contribution in [1.29, 1.82) is 0 Å². The molecule has 0 radical (unpaired) electrons. The van der Waals surface area contributed by atoms with Crippen LogP contribution in [0.2, 0.25) is 0 Å². The van der Waals surface area contributed by atoms with Crippen molar-refractivity contribution in [3.8, 4) is 5.75 Å². The molecule has 1 rings (SSSR count). The van der Waals surface area contributed by atoms with Crippen LogP contribution >= 0.6 is 0 Å². The number of carbonyl (C=O) groups is 1. The molecule has 0 unspecified atom stereocenters. The predicted octanol–water partition coefficient (Wildman–Crippen LogP) is 1.21. The maximum atomic E-state index is 12.0. The lowest BCUT2D eigenvalue weighted by molar-refractivity contribution is 0.0802. The number of carbonyl (C=O) groups excluding carboxylic acids is 1. The fourth-order valence-corrected chi connectivity index (χ4v) is 2.27. The van der Waals surface area contributed by atoms with Crippen molar-refractivity contribution >= 4 is 15.9 Å². The van der Waals surface area contributed by atoms with E-state index in [1.54, 1.807) is 20.9 Å². The Balaban J connectivity index is 3.32. The number of benzene rings is 1. The topological polar surface area (TPSA) is 89.7 Å². The van der Waals surface area contributed by atoms with E-state index in [0.717, 1.165) is 0 Å². The lowest BCUT2D eigenvalue weighted by Gasteiger charge is -2.17. The first kappa shape index (κ1) is 16.5. The third kappa shape index (κ3) is 3.94. The van der Waals surface area contributed by atoms with Gasteiger partial charge in [-0.1, -0.05) is 0 Å². The van der Waals surface area contributed by atoms with Crippen molar-refractivity contribution < 1.29 is 17.9 Å². The first-order valence-electron chi connectivity index (χ1n) is 6.25. The average Bonchev–Trinajstić information content (AvgIpc) is 2.35. The molecule has 0 aromatic heterocycles. The summed E-state index contributed by atoms with van der Waals surface area (Å²) in [6, 6.07) is 4.24. The Hall–Kier alpha value is -1.60. The van der Waals surface area contributed by atoms with E-state index in [-0.39, 0.29) is 28.2 Å². The predicted molar refractivity (Wildman–Crippen MR) is 76.2 cm³/mol. The number of nitrogens with two attached hydrogens (primary N) is 1. The van der Waals surface area contributed by atoms with Gasteiger partial charge in [-0.3, -0.25) is 4.79 Å². The van der Waals surface area contributed by atoms with Gasteiger partial charge in [-0.15, -0.1) is 0 Å². The number of rotatable bonds is 5. The third-order valence-electron chi connectivity index (χ3n) is 2.68. The maximum absolute atomic E-state index is 12.0. The second-order valence-electron chi connectivity index (χ2n) is 4.69. The molecule has 112 valence electrons. The fraction of sp³-hybridized carbons (Fsp3) is 0.462. The van der Waals surface area contributed by atoms with Crippen LogP contribution in [0.15, 0.2) is 23.1 Å². The summed E-state index contributed by atoms with van der Waals surface area (Å²) < 4.78 is 28.7. The van der Waals surface area contributed by atoms with E-state index in [0.29, 0.717) is 6.54 Å². The molecule has 0 saturated carbocycles. The number of hydrogen-bond acceptors (Lipinski definition) is 4. The van der Waals surface area contributed by atoms with Crippen LogP contribution < -0.4 is 9.88 Å². The average molecular weight is 300 g/mol. The largest absolute Gasteiger partial charge is 0.490 e. The summed E-state index contributed by atoms with van der Waals surface area (Å²) in [5.74, 6) is -0.119. The normalized spacial score (nSPS) is 11.5. The molecule has 0 bridgehead atoms. The summed E-state index contributed by atoms with van der Waals surface area (Å²) in [5.41, 5.74) is 0.259. The Morgan fingerprint density at radius 1 is 1.40 bits per heavy atom. The van der Waals surface area contributed by atoms with Gasteiger partial charge < -0.3 is 9.64 Å². The van der Waals surface area contributed by atoms with Crippen LogP contribution in [0.5, 0.6) is 5.75 Å². The highest BCUT2D eigenvalue weighted by molar-refractivity contribution is 7.89. The highest BCUT2D eigenvalue weighted by Crippen LogP contribution is 2.25. The lowest BCUT2D eigenvalue weighted by atomic mass is 10.2. The first-order valence-corrected chi connectivity index (χ1v) is 7.80. The van der Waals surface area contributed by atoms with Crippen molar-refractivity contribution in [2.24, 2.45) is 5.14 Å². The number of hydrogen-bond donors (Lipinski definition) is 1. The van der Waals surface area contributed by atoms with Gasteiger partial charge in [-0.2, -0.15) is 0 Å². The zero-order valence-electron chi connectivity index (χ0n) is 12.1. The van der Waals surface area contributed by atoms with Gasteiger partial charge in [0.25, 0.3) is 5.91 Å². The van der Waals surface area contributed by atoms with Crippen molar-refractivity contribution in [3.63, 3.8) is 0 Å². The Kier molecular flexibility index (Phi) is 5.13. The Bertz CT molecular complexity index is 596. The van der Waals surface area contributed by atoms with Crippen LogP contribution in [0.4, 0.5) is 0 Å². The minimum absolute atomic E-state index is 0.151. The highest BCUT2D eigenvalue weighted by atomic mass is 32.2. The molecule has 0 aliphatic rings. The fourth-order valence-electron chi connectivity index (χ4n) is 1.58. The molecule has 0 aliphatic heterocycles. The van der Waals surface area contributed by atoms with E-state index < -0.39 is 10.0 Å². The van der Waals surface area contributed by atoms with E-state index in [9.17, 15) is 13.2 Å². The molecule has 1 amide bonds. The maximum Gasteiger partial charge on any atom is 0.253 e. The SMILES string of the molecule is CCN(C)C(=O)c1ccc(OC(C)C)c(S(N)(=O)=O)c1. The van der Waals surface area contributed by atoms with Gasteiger partial charge in [0, 0.05) is 19.2 Å². The Labute approximate surface area is 119 Å². The van der Waals surface area contributed by atoms with E-state index in [2.05, 4.69) is 0 Å². The molecule has 0 aliphatic carbocycles. The molecule has 20 heavy (non-hydrogen) atoms. The van der Waals surface area contributed by atoms with E-state index in [1.807, 2.05) is 6.92 Å². The molecule has 1 aromatic rings. The third-order valence-corrected chi connectivity index (χ3v) is 3.61. The van der Waals surface area contributed by atoms with Crippen LogP contribution in [0.25, 0.3) is 0 Å². The van der Waals surface area contributed by atoms with Crippen LogP contribution in [-0.2, 0) is 10.0 Å². The molecule has 1 aromatic carbocycles. The molecule has 6 nitrogen and oxygen atoms in total. The quantitative estimate of drug-likeness (QED) is 0.885. The van der Waals surface area contributed by atoms with Crippen LogP contribution in [0, 0.1) is 0 Å². The zero-order valence-corrected chi connectivity index (χ0v) is 12.9. The van der Waals surface area contributed by atoms with Gasteiger partial charge in [0.2, 0.25) is 10.0 Å². The summed E-state index contributed by atoms with van der Waals surface area (Å²) in [6.45, 7) is 5.90. The van der Waals surface area contributed by atoms with E-state index in [1.165, 1.54) is 23.1 Å². The molecule has 7 heteroatoms. The highest BCUT2D eigenvalue weighted by Gasteiger charge is 2.20. The van der Waals surface area contributed by atoms with Gasteiger partial charge in [0.1, 0.15) is 10.6 Å². The molecule has 2 N–H and O–H groups in total. The van der Waals surface area contributed by atoms with Crippen LogP contribution in [0.3, 0.4) is 0 Å². The minimum Gasteiger partial charge on any atom is -0.490 e. The summed E-state index contributed by atoms with van der Waals surface area (Å²) in [7, 11) is -2.33. The molecular formula is C13H20N2O4S. The molecule has 0 heterocycles. The molecular weight excluding hydrogens is 280 g/mol. The van der Waals surface area contributed by atoms with Gasteiger partial charge in [0.05, 0.1) is 6.10 Å². The van der Waals surface area contributed by atoms with E-state index >= 15 is 0 Å². The summed E-state index contributed by atoms with van der Waals surface area (Å²) in [5, 5.41) is 5.18. The Morgan fingerprint density at radius 2 is 2.00 bits per heavy atom. The summed E-state index contributed by atoms with van der Waals surface area (Å²) in [6.07, 6.45) is -0.199. The van der Waals surface area contributed by atoms with Crippen LogP contribution in [-0.4, -0.2) is 38.9 Å².